The molecule has 0 unspecified atom stereocenters. The van der Waals surface area contributed by atoms with Crippen molar-refractivity contribution in [3.05, 3.63) is 84.4 Å². The number of benzene rings is 3. The first kappa shape index (κ1) is 25.6. The van der Waals surface area contributed by atoms with Gasteiger partial charge in [-0.3, -0.25) is 9.10 Å². The van der Waals surface area contributed by atoms with Crippen LogP contribution in [0.2, 0.25) is 0 Å². The van der Waals surface area contributed by atoms with E-state index in [1.807, 2.05) is 42.5 Å². The van der Waals surface area contributed by atoms with Crippen LogP contribution in [0.4, 0.5) is 11.4 Å². The van der Waals surface area contributed by atoms with E-state index in [9.17, 15) is 13.2 Å². The third kappa shape index (κ3) is 6.57. The number of piperidine rings is 1. The van der Waals surface area contributed by atoms with Crippen LogP contribution < -0.4 is 19.3 Å². The van der Waals surface area contributed by atoms with Gasteiger partial charge in [-0.05, 0) is 80.3 Å². The molecule has 0 aromatic heterocycles. The predicted molar refractivity (Wildman–Crippen MR) is 144 cm³/mol. The molecule has 7 nitrogen and oxygen atoms in total. The molecule has 1 amide bonds. The van der Waals surface area contributed by atoms with Gasteiger partial charge < -0.3 is 15.0 Å². The van der Waals surface area contributed by atoms with Crippen LogP contribution in [0, 0.1) is 0 Å². The minimum Gasteiger partial charge on any atom is -0.457 e. The van der Waals surface area contributed by atoms with Gasteiger partial charge in [-0.2, -0.15) is 0 Å². The Morgan fingerprint density at radius 1 is 0.917 bits per heavy atom. The summed E-state index contributed by atoms with van der Waals surface area (Å²) in [5, 5.41) is 2.88. The summed E-state index contributed by atoms with van der Waals surface area (Å²) in [6.45, 7) is 4.07. The highest BCUT2D eigenvalue weighted by Crippen LogP contribution is 2.27. The van der Waals surface area contributed by atoms with Crippen LogP contribution in [0.25, 0.3) is 0 Å². The highest BCUT2D eigenvalue weighted by molar-refractivity contribution is 7.92. The van der Waals surface area contributed by atoms with Crippen LogP contribution >= 0.6 is 0 Å². The zero-order valence-corrected chi connectivity index (χ0v) is 21.6. The summed E-state index contributed by atoms with van der Waals surface area (Å²) < 4.78 is 32.2. The fraction of sp³-hybridized carbons (Fsp3) is 0.321. The van der Waals surface area contributed by atoms with Gasteiger partial charge in [-0.1, -0.05) is 30.3 Å². The second-order valence-corrected chi connectivity index (χ2v) is 10.9. The van der Waals surface area contributed by atoms with Crippen molar-refractivity contribution >= 4 is 27.3 Å². The number of carbonyl (C=O) groups excluding carboxylic acids is 1. The summed E-state index contributed by atoms with van der Waals surface area (Å²) in [4.78, 5) is 15.3. The Bertz CT molecular complexity index is 1240. The zero-order chi connectivity index (χ0) is 25.5. The number of rotatable bonds is 9. The summed E-state index contributed by atoms with van der Waals surface area (Å²) in [6.07, 6.45) is 4.82. The summed E-state index contributed by atoms with van der Waals surface area (Å²) in [6, 6.07) is 23.2. The van der Waals surface area contributed by atoms with Gasteiger partial charge in [0.15, 0.2) is 0 Å². The lowest BCUT2D eigenvalue weighted by atomic mass is 10.1. The number of nitrogens with one attached hydrogen (secondary N) is 1. The minimum atomic E-state index is -3.71. The molecule has 0 spiro atoms. The van der Waals surface area contributed by atoms with E-state index in [-0.39, 0.29) is 5.91 Å². The maximum Gasteiger partial charge on any atom is 0.243 e. The number of ether oxygens (including phenoxy) is 1. The van der Waals surface area contributed by atoms with Gasteiger partial charge in [0.25, 0.3) is 0 Å². The van der Waals surface area contributed by atoms with Crippen LogP contribution in [0.15, 0.2) is 78.9 Å². The molecule has 1 aliphatic rings. The molecule has 0 bridgehead atoms. The van der Waals surface area contributed by atoms with Crippen LogP contribution in [-0.4, -0.2) is 39.7 Å². The first-order valence-electron chi connectivity index (χ1n) is 12.3. The Kier molecular flexibility index (Phi) is 8.15. The average Bonchev–Trinajstić information content (AvgIpc) is 2.89. The van der Waals surface area contributed by atoms with Crippen LogP contribution in [0.5, 0.6) is 11.5 Å². The van der Waals surface area contributed by atoms with Crippen molar-refractivity contribution in [3.8, 4) is 11.5 Å². The van der Waals surface area contributed by atoms with Crippen molar-refractivity contribution in [1.82, 2.24) is 5.32 Å². The number of para-hydroxylation sites is 1. The van der Waals surface area contributed by atoms with Gasteiger partial charge in [0, 0.05) is 25.3 Å². The molecule has 1 N–H and O–H groups in total. The minimum absolute atomic E-state index is 0.324. The Balaban J connectivity index is 1.39. The molecule has 1 aliphatic heterocycles. The van der Waals surface area contributed by atoms with Crippen LogP contribution in [0.1, 0.15) is 31.7 Å². The van der Waals surface area contributed by atoms with Gasteiger partial charge >= 0.3 is 0 Å². The molecule has 1 heterocycles. The van der Waals surface area contributed by atoms with E-state index in [0.29, 0.717) is 23.7 Å². The molecular weight excluding hydrogens is 474 g/mol. The summed E-state index contributed by atoms with van der Waals surface area (Å²) >= 11 is 0. The number of anilines is 2. The monoisotopic (exact) mass is 507 g/mol. The molecule has 1 atom stereocenters. The molecule has 1 fully saturated rings. The molecular formula is C28H33N3O4S. The topological polar surface area (TPSA) is 79.0 Å². The number of carbonyl (C=O) groups is 1. The predicted octanol–water partition coefficient (Wildman–Crippen LogP) is 4.94. The largest absolute Gasteiger partial charge is 0.457 e. The van der Waals surface area contributed by atoms with Gasteiger partial charge in [0.2, 0.25) is 15.9 Å². The normalized spacial score (nSPS) is 14.7. The fourth-order valence-electron chi connectivity index (χ4n) is 4.41. The average molecular weight is 508 g/mol. The lowest BCUT2D eigenvalue weighted by molar-refractivity contribution is -0.122. The lowest BCUT2D eigenvalue weighted by Crippen LogP contribution is -2.47. The summed E-state index contributed by atoms with van der Waals surface area (Å²) in [7, 11) is -3.71. The van der Waals surface area contributed by atoms with Crippen LogP contribution in [-0.2, 0) is 21.4 Å². The van der Waals surface area contributed by atoms with Crippen molar-refractivity contribution in [3.63, 3.8) is 0 Å². The quantitative estimate of drug-likeness (QED) is 0.444. The number of hydrogen-bond acceptors (Lipinski definition) is 5. The molecule has 0 radical (unpaired) electrons. The molecule has 0 aliphatic carbocycles. The maximum atomic E-state index is 13.0. The van der Waals surface area contributed by atoms with Crippen molar-refractivity contribution in [2.24, 2.45) is 0 Å². The first-order valence-corrected chi connectivity index (χ1v) is 14.1. The van der Waals surface area contributed by atoms with Gasteiger partial charge in [0.1, 0.15) is 17.5 Å². The van der Waals surface area contributed by atoms with E-state index in [4.69, 9.17) is 4.74 Å². The van der Waals surface area contributed by atoms with Crippen molar-refractivity contribution in [2.75, 3.05) is 28.6 Å². The first-order chi connectivity index (χ1) is 17.3. The molecule has 1 saturated heterocycles. The standard InChI is InChI=1S/C28H33N3O4S/c1-22(28(32)29-21-23-11-13-24(14-12-23)30-19-7-4-8-20-30)31(36(2,33)34)25-15-17-27(18-16-25)35-26-9-5-3-6-10-26/h3,5-6,9-18,22H,4,7-8,19-21H2,1-2H3,(H,29,32)/t22-/m0/s1. The van der Waals surface area contributed by atoms with Gasteiger partial charge in [0.05, 0.1) is 11.9 Å². The molecule has 3 aromatic carbocycles. The third-order valence-corrected chi connectivity index (χ3v) is 7.52. The lowest BCUT2D eigenvalue weighted by Gasteiger charge is -2.29. The molecule has 0 saturated carbocycles. The Morgan fingerprint density at radius 2 is 1.53 bits per heavy atom. The molecule has 4 rings (SSSR count). The summed E-state index contributed by atoms with van der Waals surface area (Å²) in [5.41, 5.74) is 2.55. The van der Waals surface area contributed by atoms with E-state index in [2.05, 4.69) is 22.3 Å². The van der Waals surface area contributed by atoms with Crippen molar-refractivity contribution < 1.29 is 17.9 Å². The maximum absolute atomic E-state index is 13.0. The van der Waals surface area contributed by atoms with Crippen molar-refractivity contribution in [1.29, 1.82) is 0 Å². The van der Waals surface area contributed by atoms with Crippen LogP contribution in [0.3, 0.4) is 0 Å². The number of amides is 1. The zero-order valence-electron chi connectivity index (χ0n) is 20.8. The fourth-order valence-corrected chi connectivity index (χ4v) is 5.58. The molecule has 36 heavy (non-hydrogen) atoms. The molecule has 8 heteroatoms. The van der Waals surface area contributed by atoms with E-state index < -0.39 is 16.1 Å². The molecule has 190 valence electrons. The van der Waals surface area contributed by atoms with E-state index >= 15 is 0 Å². The SMILES string of the molecule is C[C@@H](C(=O)NCc1ccc(N2CCCCC2)cc1)N(c1ccc(Oc2ccccc2)cc1)S(C)(=O)=O. The number of nitrogens with zero attached hydrogens (tertiary/aromatic N) is 2. The highest BCUT2D eigenvalue weighted by atomic mass is 32.2. The Hall–Kier alpha value is -3.52. The summed E-state index contributed by atoms with van der Waals surface area (Å²) in [5.74, 6) is 0.885. The number of sulfonamides is 1. The second-order valence-electron chi connectivity index (χ2n) is 9.08. The highest BCUT2D eigenvalue weighted by Gasteiger charge is 2.29. The van der Waals surface area contributed by atoms with E-state index in [0.717, 1.165) is 29.2 Å². The second kappa shape index (κ2) is 11.5. The third-order valence-electron chi connectivity index (χ3n) is 6.28. The molecule has 3 aromatic rings. The smallest absolute Gasteiger partial charge is 0.243 e. The van der Waals surface area contributed by atoms with Gasteiger partial charge in [-0.15, -0.1) is 0 Å². The van der Waals surface area contributed by atoms with Crippen molar-refractivity contribution in [2.45, 2.75) is 38.8 Å². The van der Waals surface area contributed by atoms with E-state index in [1.54, 1.807) is 31.2 Å². The van der Waals surface area contributed by atoms with Gasteiger partial charge in [-0.25, -0.2) is 8.42 Å². The van der Waals surface area contributed by atoms with E-state index in [1.165, 1.54) is 24.9 Å². The number of hydrogen-bond donors (Lipinski definition) is 1. The Labute approximate surface area is 213 Å². The Morgan fingerprint density at radius 3 is 2.14 bits per heavy atom.